The van der Waals surface area contributed by atoms with Gasteiger partial charge in [0, 0.05) is 0 Å². The number of carboxylic acid groups (broad SMARTS) is 1. The molecule has 0 aromatic heterocycles. The van der Waals surface area contributed by atoms with Crippen molar-refractivity contribution in [1.29, 1.82) is 0 Å². The van der Waals surface area contributed by atoms with E-state index < -0.39 is 6.09 Å². The standard InChI is InChI=1S/C3H9NO3.CH3NO2/c5-1-4(2-6)3-7;2-1(3)4/h5-7H,1-3H2;2H2,(H,3,4). The number of aliphatic hydroxyl groups is 3. The van der Waals surface area contributed by atoms with Crippen LogP contribution in [0.3, 0.4) is 0 Å². The molecule has 0 saturated heterocycles. The van der Waals surface area contributed by atoms with Crippen LogP contribution < -0.4 is 5.73 Å². The van der Waals surface area contributed by atoms with Crippen molar-refractivity contribution in [2.24, 2.45) is 5.73 Å². The van der Waals surface area contributed by atoms with Gasteiger partial charge in [0.2, 0.25) is 0 Å². The summed E-state index contributed by atoms with van der Waals surface area (Å²) in [5.74, 6) is 0. The summed E-state index contributed by atoms with van der Waals surface area (Å²) >= 11 is 0. The van der Waals surface area contributed by atoms with Crippen LogP contribution in [0, 0.1) is 0 Å². The second-order valence-electron chi connectivity index (χ2n) is 1.43. The maximum absolute atomic E-state index is 8.78. The van der Waals surface area contributed by atoms with Crippen molar-refractivity contribution in [2.75, 3.05) is 20.2 Å². The molecule has 0 atom stereocenters. The molecule has 7 heteroatoms. The van der Waals surface area contributed by atoms with Gasteiger partial charge in [0.25, 0.3) is 0 Å². The first-order chi connectivity index (χ1) is 5.08. The lowest BCUT2D eigenvalue weighted by atomic mass is 10.9. The number of aliphatic hydroxyl groups excluding tert-OH is 3. The van der Waals surface area contributed by atoms with Gasteiger partial charge in [-0.2, -0.15) is 0 Å². The summed E-state index contributed by atoms with van der Waals surface area (Å²) in [5.41, 5.74) is 4.03. The van der Waals surface area contributed by atoms with Crippen LogP contribution >= 0.6 is 0 Å². The first kappa shape index (κ1) is 12.8. The Balaban J connectivity index is 0. The second kappa shape index (κ2) is 9.11. The normalized spacial score (nSPS) is 8.73. The zero-order chi connectivity index (χ0) is 9.28. The highest BCUT2D eigenvalue weighted by atomic mass is 16.4. The van der Waals surface area contributed by atoms with Gasteiger partial charge < -0.3 is 26.2 Å². The molecule has 0 aliphatic heterocycles. The molecule has 0 unspecified atom stereocenters. The topological polar surface area (TPSA) is 127 Å². The summed E-state index contributed by atoms with van der Waals surface area (Å²) in [7, 11) is 0. The van der Waals surface area contributed by atoms with Gasteiger partial charge in [-0.15, -0.1) is 0 Å². The lowest BCUT2D eigenvalue weighted by Crippen LogP contribution is -2.26. The molecule has 68 valence electrons. The fourth-order valence-electron chi connectivity index (χ4n) is 0.134. The quantitative estimate of drug-likeness (QED) is 0.303. The average molecular weight is 168 g/mol. The van der Waals surface area contributed by atoms with E-state index in [0.717, 1.165) is 4.90 Å². The maximum Gasteiger partial charge on any atom is 0.402 e. The summed E-state index contributed by atoms with van der Waals surface area (Å²) in [6.07, 6.45) is -1.33. The number of hydrogen-bond donors (Lipinski definition) is 5. The van der Waals surface area contributed by atoms with Crippen molar-refractivity contribution >= 4 is 6.09 Å². The minimum atomic E-state index is -1.33. The van der Waals surface area contributed by atoms with E-state index in [1.807, 2.05) is 0 Å². The lowest BCUT2D eigenvalue weighted by molar-refractivity contribution is -0.0268. The lowest BCUT2D eigenvalue weighted by Gasteiger charge is -2.09. The first-order valence-corrected chi connectivity index (χ1v) is 2.61. The van der Waals surface area contributed by atoms with E-state index in [-0.39, 0.29) is 20.2 Å². The zero-order valence-corrected chi connectivity index (χ0v) is 5.84. The molecule has 0 fully saturated rings. The highest BCUT2D eigenvalue weighted by Gasteiger charge is 1.93. The van der Waals surface area contributed by atoms with Crippen LogP contribution in [0.1, 0.15) is 0 Å². The van der Waals surface area contributed by atoms with Gasteiger partial charge in [-0.1, -0.05) is 0 Å². The number of hydrogen-bond acceptors (Lipinski definition) is 5. The largest absolute Gasteiger partial charge is 0.465 e. The molecule has 0 spiro atoms. The Kier molecular flexibility index (Phi) is 10.6. The number of nitrogens with zero attached hydrogens (tertiary/aromatic N) is 1. The van der Waals surface area contributed by atoms with Crippen molar-refractivity contribution < 1.29 is 25.2 Å². The van der Waals surface area contributed by atoms with Crippen LogP contribution in [-0.4, -0.2) is 51.6 Å². The Morgan fingerprint density at radius 2 is 1.36 bits per heavy atom. The Hall–Kier alpha value is -0.890. The maximum atomic E-state index is 8.78. The van der Waals surface area contributed by atoms with E-state index >= 15 is 0 Å². The van der Waals surface area contributed by atoms with Crippen LogP contribution in [0.15, 0.2) is 0 Å². The molecule has 0 heterocycles. The number of carbonyl (C=O) groups is 1. The van der Waals surface area contributed by atoms with Gasteiger partial charge in [-0.3, -0.25) is 0 Å². The van der Waals surface area contributed by atoms with Crippen LogP contribution in [0.2, 0.25) is 0 Å². The molecule has 0 aromatic rings. The van der Waals surface area contributed by atoms with Crippen molar-refractivity contribution in [1.82, 2.24) is 4.90 Å². The van der Waals surface area contributed by atoms with Gasteiger partial charge in [0.1, 0.15) is 0 Å². The van der Waals surface area contributed by atoms with Crippen molar-refractivity contribution in [3.63, 3.8) is 0 Å². The molecule has 0 bridgehead atoms. The van der Waals surface area contributed by atoms with E-state index in [0.29, 0.717) is 0 Å². The molecule has 0 aliphatic carbocycles. The third kappa shape index (κ3) is 17.6. The van der Waals surface area contributed by atoms with E-state index in [2.05, 4.69) is 5.73 Å². The Labute approximate surface area is 63.3 Å². The predicted molar refractivity (Wildman–Crippen MR) is 35.3 cm³/mol. The summed E-state index contributed by atoms with van der Waals surface area (Å²) in [5, 5.41) is 31.6. The van der Waals surface area contributed by atoms with Crippen molar-refractivity contribution in [2.45, 2.75) is 0 Å². The second-order valence-corrected chi connectivity index (χ2v) is 1.43. The highest BCUT2D eigenvalue weighted by molar-refractivity contribution is 5.61. The Morgan fingerprint density at radius 1 is 1.18 bits per heavy atom. The van der Waals surface area contributed by atoms with Crippen LogP contribution in [0.5, 0.6) is 0 Å². The van der Waals surface area contributed by atoms with E-state index in [9.17, 15) is 0 Å². The molecule has 0 rings (SSSR count). The van der Waals surface area contributed by atoms with Crippen LogP contribution in [0.25, 0.3) is 0 Å². The van der Waals surface area contributed by atoms with Crippen LogP contribution in [0.4, 0.5) is 4.79 Å². The average Bonchev–Trinajstić information content (AvgIpc) is 1.90. The third-order valence-corrected chi connectivity index (χ3v) is 0.600. The number of rotatable bonds is 3. The monoisotopic (exact) mass is 168 g/mol. The Morgan fingerprint density at radius 3 is 1.36 bits per heavy atom. The van der Waals surface area contributed by atoms with E-state index in [1.54, 1.807) is 0 Å². The molecular formula is C4H12N2O5. The molecule has 7 nitrogen and oxygen atoms in total. The minimum absolute atomic E-state index is 0.312. The molecule has 0 aromatic carbocycles. The number of amides is 1. The van der Waals surface area contributed by atoms with Crippen molar-refractivity contribution in [3.05, 3.63) is 0 Å². The fraction of sp³-hybridized carbons (Fsp3) is 0.750. The third-order valence-electron chi connectivity index (χ3n) is 0.600. The molecule has 1 amide bonds. The first-order valence-electron chi connectivity index (χ1n) is 2.61. The number of primary amides is 1. The molecule has 0 radical (unpaired) electrons. The number of nitrogens with two attached hydrogens (primary N) is 1. The smallest absolute Gasteiger partial charge is 0.402 e. The fourth-order valence-corrected chi connectivity index (χ4v) is 0.134. The Bertz CT molecular complexity index is 85.0. The summed E-state index contributed by atoms with van der Waals surface area (Å²) in [6.45, 7) is -0.938. The zero-order valence-electron chi connectivity index (χ0n) is 5.84. The molecule has 11 heavy (non-hydrogen) atoms. The van der Waals surface area contributed by atoms with Gasteiger partial charge in [0.05, 0.1) is 20.2 Å². The van der Waals surface area contributed by atoms with Gasteiger partial charge >= 0.3 is 6.09 Å². The molecule has 0 aliphatic rings. The molecule has 0 saturated carbocycles. The molecule has 6 N–H and O–H groups in total. The van der Waals surface area contributed by atoms with Gasteiger partial charge in [-0.25, -0.2) is 9.69 Å². The van der Waals surface area contributed by atoms with E-state index in [1.165, 1.54) is 0 Å². The predicted octanol–water partition coefficient (Wildman–Crippen LogP) is -2.24. The highest BCUT2D eigenvalue weighted by Crippen LogP contribution is 1.75. The van der Waals surface area contributed by atoms with E-state index in [4.69, 9.17) is 25.2 Å². The minimum Gasteiger partial charge on any atom is -0.465 e. The van der Waals surface area contributed by atoms with Crippen LogP contribution in [-0.2, 0) is 0 Å². The summed E-state index contributed by atoms with van der Waals surface area (Å²) < 4.78 is 0. The van der Waals surface area contributed by atoms with Gasteiger partial charge in [0.15, 0.2) is 0 Å². The van der Waals surface area contributed by atoms with Gasteiger partial charge in [-0.05, 0) is 0 Å². The summed E-state index contributed by atoms with van der Waals surface area (Å²) in [6, 6.07) is 0. The van der Waals surface area contributed by atoms with Crippen molar-refractivity contribution in [3.8, 4) is 0 Å². The SMILES string of the molecule is NC(=O)O.OCN(CO)CO. The summed E-state index contributed by atoms with van der Waals surface area (Å²) in [4.78, 5) is 9.82. The molecular weight excluding hydrogens is 156 g/mol.